The maximum atomic E-state index is 4.40. The van der Waals surface area contributed by atoms with Gasteiger partial charge in [-0.2, -0.15) is 10.1 Å². The van der Waals surface area contributed by atoms with E-state index in [0.717, 1.165) is 15.7 Å². The van der Waals surface area contributed by atoms with E-state index in [1.54, 1.807) is 6.20 Å². The highest BCUT2D eigenvalue weighted by Crippen LogP contribution is 2.19. The highest BCUT2D eigenvalue weighted by molar-refractivity contribution is 9.10. The zero-order valence-corrected chi connectivity index (χ0v) is 13.3. The summed E-state index contributed by atoms with van der Waals surface area (Å²) < 4.78 is 1.00. The van der Waals surface area contributed by atoms with Crippen molar-refractivity contribution in [3.05, 3.63) is 70.8 Å². The fourth-order valence-corrected chi connectivity index (χ4v) is 2.33. The highest BCUT2D eigenvalue weighted by Gasteiger charge is 2.02. The van der Waals surface area contributed by atoms with Crippen molar-refractivity contribution >= 4 is 33.4 Å². The molecule has 3 rings (SSSR count). The molecular weight excluding hydrogens is 342 g/mol. The monoisotopic (exact) mass is 355 g/mol. The van der Waals surface area contributed by atoms with E-state index in [9.17, 15) is 0 Å². The highest BCUT2D eigenvalue weighted by atomic mass is 79.9. The second-order valence-corrected chi connectivity index (χ2v) is 5.56. The lowest BCUT2D eigenvalue weighted by Gasteiger charge is -2.08. The van der Waals surface area contributed by atoms with Gasteiger partial charge in [0.05, 0.1) is 6.20 Å². The van der Waals surface area contributed by atoms with Crippen LogP contribution in [0, 0.1) is 0 Å². The Hall–Kier alpha value is -2.47. The molecule has 2 aromatic carbocycles. The molecule has 0 fully saturated rings. The second kappa shape index (κ2) is 7.00. The second-order valence-electron chi connectivity index (χ2n) is 4.64. The normalized spacial score (nSPS) is 10.2. The molecule has 0 atom stereocenters. The fraction of sp³-hybridized carbons (Fsp3) is 0.0625. The van der Waals surface area contributed by atoms with Crippen LogP contribution in [0.1, 0.15) is 5.56 Å². The van der Waals surface area contributed by atoms with Crippen LogP contribution in [-0.2, 0) is 6.54 Å². The van der Waals surface area contributed by atoms with Gasteiger partial charge in [-0.05, 0) is 23.8 Å². The Morgan fingerprint density at radius 2 is 1.86 bits per heavy atom. The third-order valence-corrected chi connectivity index (χ3v) is 3.44. The van der Waals surface area contributed by atoms with Gasteiger partial charge in [-0.1, -0.05) is 52.3 Å². The van der Waals surface area contributed by atoms with Crippen LogP contribution in [0.5, 0.6) is 0 Å². The molecule has 0 radical (unpaired) electrons. The SMILES string of the molecule is Brc1cccc(Nc2cnnc(NCc3ccccc3)n2)c1. The van der Waals surface area contributed by atoms with Crippen molar-refractivity contribution in [2.24, 2.45) is 0 Å². The molecule has 0 spiro atoms. The van der Waals surface area contributed by atoms with Crippen molar-refractivity contribution in [3.63, 3.8) is 0 Å². The van der Waals surface area contributed by atoms with Gasteiger partial charge in [-0.25, -0.2) is 0 Å². The summed E-state index contributed by atoms with van der Waals surface area (Å²) >= 11 is 3.44. The predicted octanol–water partition coefficient (Wildman–Crippen LogP) is 3.99. The van der Waals surface area contributed by atoms with Crippen molar-refractivity contribution in [3.8, 4) is 0 Å². The molecule has 0 saturated heterocycles. The van der Waals surface area contributed by atoms with E-state index in [1.165, 1.54) is 0 Å². The van der Waals surface area contributed by atoms with Gasteiger partial charge >= 0.3 is 0 Å². The van der Waals surface area contributed by atoms with E-state index in [2.05, 4.69) is 41.7 Å². The van der Waals surface area contributed by atoms with E-state index in [-0.39, 0.29) is 0 Å². The molecule has 2 N–H and O–H groups in total. The van der Waals surface area contributed by atoms with Crippen molar-refractivity contribution in [2.45, 2.75) is 6.54 Å². The summed E-state index contributed by atoms with van der Waals surface area (Å²) in [5.41, 5.74) is 2.10. The summed E-state index contributed by atoms with van der Waals surface area (Å²) in [6.45, 7) is 0.656. The molecule has 0 unspecified atom stereocenters. The minimum Gasteiger partial charge on any atom is -0.349 e. The third-order valence-electron chi connectivity index (χ3n) is 2.95. The maximum absolute atomic E-state index is 4.40. The molecular formula is C16H14BrN5. The van der Waals surface area contributed by atoms with Crippen LogP contribution in [0.15, 0.2) is 65.3 Å². The van der Waals surface area contributed by atoms with Crippen LogP contribution >= 0.6 is 15.9 Å². The van der Waals surface area contributed by atoms with E-state index in [1.807, 2.05) is 54.6 Å². The molecule has 0 amide bonds. The molecule has 5 nitrogen and oxygen atoms in total. The lowest BCUT2D eigenvalue weighted by molar-refractivity contribution is 0.949. The average molecular weight is 356 g/mol. The molecule has 1 aromatic heterocycles. The summed E-state index contributed by atoms with van der Waals surface area (Å²) in [5, 5.41) is 14.3. The first-order valence-corrected chi connectivity index (χ1v) is 7.59. The summed E-state index contributed by atoms with van der Waals surface area (Å²) in [7, 11) is 0. The first kappa shape index (κ1) is 14.5. The van der Waals surface area contributed by atoms with Gasteiger partial charge in [0, 0.05) is 16.7 Å². The smallest absolute Gasteiger partial charge is 0.244 e. The summed E-state index contributed by atoms with van der Waals surface area (Å²) in [6, 6.07) is 17.9. The van der Waals surface area contributed by atoms with E-state index >= 15 is 0 Å². The summed E-state index contributed by atoms with van der Waals surface area (Å²) in [6.07, 6.45) is 1.59. The first-order chi connectivity index (χ1) is 10.8. The molecule has 1 heterocycles. The Morgan fingerprint density at radius 3 is 2.68 bits per heavy atom. The van der Waals surface area contributed by atoms with E-state index in [0.29, 0.717) is 18.3 Å². The largest absolute Gasteiger partial charge is 0.349 e. The van der Waals surface area contributed by atoms with Crippen molar-refractivity contribution in [2.75, 3.05) is 10.6 Å². The molecule has 0 aliphatic rings. The quantitative estimate of drug-likeness (QED) is 0.724. The number of anilines is 3. The Balaban J connectivity index is 1.67. The fourth-order valence-electron chi connectivity index (χ4n) is 1.93. The minimum atomic E-state index is 0.490. The number of aromatic nitrogens is 3. The molecule has 0 saturated carbocycles. The van der Waals surface area contributed by atoms with Crippen LogP contribution < -0.4 is 10.6 Å². The standard InChI is InChI=1S/C16H14BrN5/c17-13-7-4-8-14(9-13)20-15-11-19-22-16(21-15)18-10-12-5-2-1-3-6-12/h1-9,11H,10H2,(H2,18,20,21,22). The van der Waals surface area contributed by atoms with Crippen LogP contribution in [-0.4, -0.2) is 15.2 Å². The number of nitrogens with zero attached hydrogens (tertiary/aromatic N) is 3. The average Bonchev–Trinajstić information content (AvgIpc) is 2.54. The molecule has 6 heteroatoms. The van der Waals surface area contributed by atoms with Gasteiger partial charge in [0.1, 0.15) is 0 Å². The van der Waals surface area contributed by atoms with Gasteiger partial charge in [0.2, 0.25) is 5.95 Å². The number of hydrogen-bond donors (Lipinski definition) is 2. The predicted molar refractivity (Wildman–Crippen MR) is 91.0 cm³/mol. The Morgan fingerprint density at radius 1 is 1.00 bits per heavy atom. The molecule has 0 aliphatic heterocycles. The summed E-state index contributed by atoms with van der Waals surface area (Å²) in [5.74, 6) is 1.13. The lowest BCUT2D eigenvalue weighted by Crippen LogP contribution is -2.06. The van der Waals surface area contributed by atoms with Crippen LogP contribution in [0.4, 0.5) is 17.5 Å². The topological polar surface area (TPSA) is 62.7 Å². The van der Waals surface area contributed by atoms with E-state index in [4.69, 9.17) is 0 Å². The van der Waals surface area contributed by atoms with Crippen LogP contribution in [0.25, 0.3) is 0 Å². The molecule has 3 aromatic rings. The zero-order chi connectivity index (χ0) is 15.2. The van der Waals surface area contributed by atoms with Crippen molar-refractivity contribution < 1.29 is 0 Å². The maximum Gasteiger partial charge on any atom is 0.244 e. The molecule has 22 heavy (non-hydrogen) atoms. The van der Waals surface area contributed by atoms with Crippen molar-refractivity contribution in [1.29, 1.82) is 0 Å². The number of hydrogen-bond acceptors (Lipinski definition) is 5. The van der Waals surface area contributed by atoms with Gasteiger partial charge in [-0.15, -0.1) is 5.10 Å². The molecule has 110 valence electrons. The molecule has 0 aliphatic carbocycles. The Labute approximate surface area is 137 Å². The Kier molecular flexibility index (Phi) is 4.60. The minimum absolute atomic E-state index is 0.490. The lowest BCUT2D eigenvalue weighted by atomic mass is 10.2. The molecule has 0 bridgehead atoms. The van der Waals surface area contributed by atoms with Gasteiger partial charge in [0.25, 0.3) is 0 Å². The zero-order valence-electron chi connectivity index (χ0n) is 11.7. The van der Waals surface area contributed by atoms with Crippen molar-refractivity contribution in [1.82, 2.24) is 15.2 Å². The number of rotatable bonds is 5. The number of nitrogens with one attached hydrogen (secondary N) is 2. The third kappa shape index (κ3) is 4.02. The van der Waals surface area contributed by atoms with Crippen LogP contribution in [0.3, 0.4) is 0 Å². The number of halogens is 1. The van der Waals surface area contributed by atoms with Gasteiger partial charge in [-0.3, -0.25) is 0 Å². The van der Waals surface area contributed by atoms with Crippen LogP contribution in [0.2, 0.25) is 0 Å². The first-order valence-electron chi connectivity index (χ1n) is 6.80. The number of benzene rings is 2. The van der Waals surface area contributed by atoms with Gasteiger partial charge < -0.3 is 10.6 Å². The summed E-state index contributed by atoms with van der Waals surface area (Å²) in [4.78, 5) is 4.40. The Bertz CT molecular complexity index is 748. The van der Waals surface area contributed by atoms with E-state index < -0.39 is 0 Å². The van der Waals surface area contributed by atoms with Gasteiger partial charge in [0.15, 0.2) is 5.82 Å².